The minimum absolute atomic E-state index is 0.0218. The zero-order chi connectivity index (χ0) is 10.8. The van der Waals surface area contributed by atoms with Crippen molar-refractivity contribution in [2.75, 3.05) is 18.0 Å². The van der Waals surface area contributed by atoms with E-state index in [0.717, 1.165) is 24.3 Å². The van der Waals surface area contributed by atoms with E-state index >= 15 is 0 Å². The summed E-state index contributed by atoms with van der Waals surface area (Å²) in [6, 6.07) is 3.87. The van der Waals surface area contributed by atoms with Gasteiger partial charge in [-0.25, -0.2) is 4.98 Å². The van der Waals surface area contributed by atoms with Crippen LogP contribution in [0.2, 0.25) is 0 Å². The Bertz CT molecular complexity index is 340. The second-order valence-corrected chi connectivity index (χ2v) is 4.09. The first-order valence-corrected chi connectivity index (χ1v) is 5.32. The number of rotatable bonds is 2. The molecule has 1 fully saturated rings. The number of hydrogen-bond acceptors (Lipinski definition) is 4. The summed E-state index contributed by atoms with van der Waals surface area (Å²) in [5, 5.41) is 9.49. The zero-order valence-electron chi connectivity index (χ0n) is 8.93. The lowest BCUT2D eigenvalue weighted by atomic mass is 10.1. The molecule has 15 heavy (non-hydrogen) atoms. The van der Waals surface area contributed by atoms with Gasteiger partial charge in [-0.05, 0) is 19.4 Å². The van der Waals surface area contributed by atoms with E-state index in [1.807, 2.05) is 19.1 Å². The Kier molecular flexibility index (Phi) is 2.88. The molecule has 4 heteroatoms. The van der Waals surface area contributed by atoms with Crippen LogP contribution in [0.15, 0.2) is 18.3 Å². The lowest BCUT2D eigenvalue weighted by Gasteiger charge is -2.21. The van der Waals surface area contributed by atoms with Gasteiger partial charge in [-0.15, -0.1) is 0 Å². The molecule has 0 spiro atoms. The predicted octanol–water partition coefficient (Wildman–Crippen LogP) is 0.672. The summed E-state index contributed by atoms with van der Waals surface area (Å²) in [6.45, 7) is 3.47. The number of hydrogen-bond donors (Lipinski definition) is 2. The lowest BCUT2D eigenvalue weighted by molar-refractivity contribution is 0.198. The van der Waals surface area contributed by atoms with Crippen LogP contribution in [0.1, 0.15) is 24.9 Å². The van der Waals surface area contributed by atoms with Crippen LogP contribution in [0, 0.1) is 0 Å². The molecule has 0 aliphatic carbocycles. The van der Waals surface area contributed by atoms with Crippen molar-refractivity contribution in [2.24, 2.45) is 5.73 Å². The molecule has 1 aromatic heterocycles. The highest BCUT2D eigenvalue weighted by Crippen LogP contribution is 2.25. The summed E-state index contributed by atoms with van der Waals surface area (Å²) in [7, 11) is 0. The highest BCUT2D eigenvalue weighted by Gasteiger charge is 2.23. The van der Waals surface area contributed by atoms with Gasteiger partial charge in [0.2, 0.25) is 0 Å². The van der Waals surface area contributed by atoms with Gasteiger partial charge in [0.25, 0.3) is 0 Å². The van der Waals surface area contributed by atoms with Crippen LogP contribution in [0.4, 0.5) is 5.82 Å². The van der Waals surface area contributed by atoms with Crippen molar-refractivity contribution < 1.29 is 5.11 Å². The van der Waals surface area contributed by atoms with Crippen molar-refractivity contribution in [3.8, 4) is 0 Å². The number of aromatic nitrogens is 1. The Hall–Kier alpha value is -1.13. The van der Waals surface area contributed by atoms with Crippen molar-refractivity contribution in [3.63, 3.8) is 0 Å². The summed E-state index contributed by atoms with van der Waals surface area (Å²) in [5.41, 5.74) is 6.94. The Morgan fingerprint density at radius 1 is 1.67 bits per heavy atom. The molecule has 1 saturated heterocycles. The SMILES string of the molecule is C[C@H](N)c1cccnc1N1CCC(O)C1. The smallest absolute Gasteiger partial charge is 0.133 e. The third-order valence-electron chi connectivity index (χ3n) is 2.77. The molecule has 2 rings (SSSR count). The van der Waals surface area contributed by atoms with Crippen LogP contribution in [0.5, 0.6) is 0 Å². The fourth-order valence-corrected chi connectivity index (χ4v) is 1.96. The Morgan fingerprint density at radius 2 is 2.47 bits per heavy atom. The minimum Gasteiger partial charge on any atom is -0.391 e. The van der Waals surface area contributed by atoms with Crippen molar-refractivity contribution in [1.29, 1.82) is 0 Å². The molecule has 0 bridgehead atoms. The van der Waals surface area contributed by atoms with Gasteiger partial charge in [0, 0.05) is 30.9 Å². The van der Waals surface area contributed by atoms with Gasteiger partial charge in [-0.3, -0.25) is 0 Å². The molecule has 3 N–H and O–H groups in total. The number of aliphatic hydroxyl groups is 1. The maximum Gasteiger partial charge on any atom is 0.133 e. The van der Waals surface area contributed by atoms with Crippen LogP contribution in [-0.2, 0) is 0 Å². The first kappa shape index (κ1) is 10.4. The van der Waals surface area contributed by atoms with E-state index in [1.165, 1.54) is 0 Å². The average molecular weight is 207 g/mol. The summed E-state index contributed by atoms with van der Waals surface area (Å²) in [5.74, 6) is 0.920. The number of anilines is 1. The minimum atomic E-state index is -0.229. The van der Waals surface area contributed by atoms with Crippen LogP contribution in [-0.4, -0.2) is 29.3 Å². The summed E-state index contributed by atoms with van der Waals surface area (Å²) < 4.78 is 0. The van der Waals surface area contributed by atoms with Gasteiger partial charge in [0.15, 0.2) is 0 Å². The summed E-state index contributed by atoms with van der Waals surface area (Å²) in [4.78, 5) is 6.45. The molecule has 1 aliphatic rings. The molecule has 0 saturated carbocycles. The fraction of sp³-hybridized carbons (Fsp3) is 0.545. The second-order valence-electron chi connectivity index (χ2n) is 4.09. The Morgan fingerprint density at radius 3 is 3.07 bits per heavy atom. The van der Waals surface area contributed by atoms with E-state index in [0.29, 0.717) is 6.54 Å². The molecule has 2 atom stereocenters. The molecule has 4 nitrogen and oxygen atoms in total. The molecule has 1 aliphatic heterocycles. The van der Waals surface area contributed by atoms with Crippen molar-refractivity contribution in [3.05, 3.63) is 23.9 Å². The Labute approximate surface area is 89.7 Å². The molecule has 2 heterocycles. The fourth-order valence-electron chi connectivity index (χ4n) is 1.96. The zero-order valence-corrected chi connectivity index (χ0v) is 8.93. The van der Waals surface area contributed by atoms with Crippen LogP contribution >= 0.6 is 0 Å². The van der Waals surface area contributed by atoms with Crippen LogP contribution in [0.3, 0.4) is 0 Å². The second kappa shape index (κ2) is 4.16. The van der Waals surface area contributed by atoms with E-state index in [9.17, 15) is 5.11 Å². The molecule has 1 aromatic rings. The van der Waals surface area contributed by atoms with E-state index < -0.39 is 0 Å². The number of nitrogens with zero attached hydrogens (tertiary/aromatic N) is 2. The van der Waals surface area contributed by atoms with E-state index in [2.05, 4.69) is 9.88 Å². The molecule has 1 unspecified atom stereocenters. The normalized spacial score (nSPS) is 23.1. The molecule has 0 radical (unpaired) electrons. The van der Waals surface area contributed by atoms with Gasteiger partial charge < -0.3 is 15.7 Å². The van der Waals surface area contributed by atoms with E-state index in [4.69, 9.17) is 5.73 Å². The highest BCUT2D eigenvalue weighted by molar-refractivity contribution is 5.49. The third-order valence-corrected chi connectivity index (χ3v) is 2.77. The van der Waals surface area contributed by atoms with Gasteiger partial charge in [-0.1, -0.05) is 6.07 Å². The summed E-state index contributed by atoms with van der Waals surface area (Å²) in [6.07, 6.45) is 2.36. The average Bonchev–Trinajstić information content (AvgIpc) is 2.65. The van der Waals surface area contributed by atoms with Crippen LogP contribution in [0.25, 0.3) is 0 Å². The molecule has 0 amide bonds. The molecule has 82 valence electrons. The Balaban J connectivity index is 2.27. The number of aliphatic hydroxyl groups excluding tert-OH is 1. The van der Waals surface area contributed by atoms with Crippen LogP contribution < -0.4 is 10.6 Å². The van der Waals surface area contributed by atoms with E-state index in [-0.39, 0.29) is 12.1 Å². The number of β-amino-alcohol motifs (C(OH)–C–C–N with tert-alkyl or cyclic N) is 1. The van der Waals surface area contributed by atoms with Gasteiger partial charge >= 0.3 is 0 Å². The quantitative estimate of drug-likeness (QED) is 0.748. The molecular weight excluding hydrogens is 190 g/mol. The topological polar surface area (TPSA) is 62.4 Å². The largest absolute Gasteiger partial charge is 0.391 e. The number of nitrogens with two attached hydrogens (primary N) is 1. The molecule has 0 aromatic carbocycles. The standard InChI is InChI=1S/C11H17N3O/c1-8(12)10-3-2-5-13-11(10)14-6-4-9(15)7-14/h2-3,5,8-9,15H,4,6-7,12H2,1H3/t8-,9?/m0/s1. The van der Waals surface area contributed by atoms with E-state index in [1.54, 1.807) is 6.20 Å². The summed E-state index contributed by atoms with van der Waals surface area (Å²) >= 11 is 0. The monoisotopic (exact) mass is 207 g/mol. The predicted molar refractivity (Wildman–Crippen MR) is 59.7 cm³/mol. The van der Waals surface area contributed by atoms with Crippen molar-refractivity contribution in [2.45, 2.75) is 25.5 Å². The maximum atomic E-state index is 9.49. The van der Waals surface area contributed by atoms with Crippen molar-refractivity contribution >= 4 is 5.82 Å². The van der Waals surface area contributed by atoms with Gasteiger partial charge in [-0.2, -0.15) is 0 Å². The number of pyridine rings is 1. The van der Waals surface area contributed by atoms with Crippen molar-refractivity contribution in [1.82, 2.24) is 4.98 Å². The molecular formula is C11H17N3O. The van der Waals surface area contributed by atoms with Gasteiger partial charge in [0.1, 0.15) is 5.82 Å². The highest BCUT2D eigenvalue weighted by atomic mass is 16.3. The third kappa shape index (κ3) is 2.11. The first-order chi connectivity index (χ1) is 7.18. The lowest BCUT2D eigenvalue weighted by Crippen LogP contribution is -2.24. The first-order valence-electron chi connectivity index (χ1n) is 5.32. The maximum absolute atomic E-state index is 9.49. The van der Waals surface area contributed by atoms with Gasteiger partial charge in [0.05, 0.1) is 6.10 Å².